The molecule has 138 valence electrons. The third-order valence-corrected chi connectivity index (χ3v) is 5.06. The lowest BCUT2D eigenvalue weighted by Gasteiger charge is -2.08. The smallest absolute Gasteiger partial charge is 0.236 e. The number of aryl methyl sites for hydroxylation is 2. The Morgan fingerprint density at radius 2 is 2.12 bits per heavy atom. The predicted octanol–water partition coefficient (Wildman–Crippen LogP) is 4.64. The Bertz CT molecular complexity index is 871. The Morgan fingerprint density at radius 1 is 1.27 bits per heavy atom. The van der Waals surface area contributed by atoms with Crippen molar-refractivity contribution in [2.45, 2.75) is 51.2 Å². The second-order valence-electron chi connectivity index (χ2n) is 6.26. The maximum absolute atomic E-state index is 12.2. The van der Waals surface area contributed by atoms with Crippen LogP contribution >= 0.6 is 11.8 Å². The van der Waals surface area contributed by atoms with Crippen LogP contribution in [-0.2, 0) is 11.3 Å². The largest absolute Gasteiger partial charge is 0.360 e. The number of unbranched alkanes of at least 4 members (excludes halogenated alkanes) is 3. The number of para-hydroxylation sites is 2. The van der Waals surface area contributed by atoms with Crippen LogP contribution in [0, 0.1) is 6.92 Å². The minimum absolute atomic E-state index is 0.118. The summed E-state index contributed by atoms with van der Waals surface area (Å²) in [5.74, 6) is 1.28. The molecule has 1 amide bonds. The highest BCUT2D eigenvalue weighted by Gasteiger charge is 2.13. The van der Waals surface area contributed by atoms with Gasteiger partial charge in [0.05, 0.1) is 16.8 Å². The normalized spacial score (nSPS) is 11.2. The van der Waals surface area contributed by atoms with Crippen LogP contribution in [0.15, 0.2) is 40.0 Å². The zero-order valence-electron chi connectivity index (χ0n) is 15.2. The molecule has 0 saturated carbocycles. The monoisotopic (exact) mass is 372 g/mol. The number of aromatic nitrogens is 3. The van der Waals surface area contributed by atoms with Crippen molar-refractivity contribution in [2.75, 3.05) is 11.1 Å². The third kappa shape index (κ3) is 4.66. The highest BCUT2D eigenvalue weighted by atomic mass is 32.2. The van der Waals surface area contributed by atoms with Crippen LogP contribution in [0.4, 0.5) is 5.82 Å². The summed E-state index contributed by atoms with van der Waals surface area (Å²) in [6, 6.07) is 9.82. The minimum Gasteiger partial charge on any atom is -0.360 e. The van der Waals surface area contributed by atoms with Crippen LogP contribution in [0.2, 0.25) is 0 Å². The van der Waals surface area contributed by atoms with Gasteiger partial charge in [-0.25, -0.2) is 4.98 Å². The van der Waals surface area contributed by atoms with Gasteiger partial charge in [0.2, 0.25) is 5.91 Å². The van der Waals surface area contributed by atoms with E-state index in [1.807, 2.05) is 18.2 Å². The van der Waals surface area contributed by atoms with Gasteiger partial charge in [0, 0.05) is 12.6 Å². The van der Waals surface area contributed by atoms with E-state index in [1.54, 1.807) is 13.0 Å². The van der Waals surface area contributed by atoms with Gasteiger partial charge in [0.15, 0.2) is 11.0 Å². The first-order valence-corrected chi connectivity index (χ1v) is 9.97. The van der Waals surface area contributed by atoms with E-state index in [-0.39, 0.29) is 11.7 Å². The second kappa shape index (κ2) is 8.89. The molecule has 0 atom stereocenters. The number of amides is 1. The molecule has 1 aromatic carbocycles. The minimum atomic E-state index is -0.118. The zero-order chi connectivity index (χ0) is 18.4. The van der Waals surface area contributed by atoms with Crippen LogP contribution in [0.1, 0.15) is 38.4 Å². The van der Waals surface area contributed by atoms with Gasteiger partial charge < -0.3 is 14.4 Å². The quantitative estimate of drug-likeness (QED) is 0.437. The van der Waals surface area contributed by atoms with E-state index in [4.69, 9.17) is 9.51 Å². The summed E-state index contributed by atoms with van der Waals surface area (Å²) in [5.41, 5.74) is 2.09. The molecule has 7 heteroatoms. The number of fused-ring (bicyclic) bond motifs is 1. The van der Waals surface area contributed by atoms with E-state index in [1.165, 1.54) is 31.0 Å². The first-order valence-electron chi connectivity index (χ1n) is 8.98. The third-order valence-electron chi connectivity index (χ3n) is 4.08. The van der Waals surface area contributed by atoms with Crippen LogP contribution in [0.3, 0.4) is 0 Å². The van der Waals surface area contributed by atoms with Gasteiger partial charge in [-0.15, -0.1) is 0 Å². The van der Waals surface area contributed by atoms with Crippen molar-refractivity contribution in [3.05, 3.63) is 36.1 Å². The fourth-order valence-electron chi connectivity index (χ4n) is 2.81. The van der Waals surface area contributed by atoms with E-state index in [0.29, 0.717) is 11.6 Å². The van der Waals surface area contributed by atoms with Crippen molar-refractivity contribution in [3.8, 4) is 0 Å². The second-order valence-corrected chi connectivity index (χ2v) is 7.20. The van der Waals surface area contributed by atoms with Gasteiger partial charge in [0.25, 0.3) is 0 Å². The van der Waals surface area contributed by atoms with E-state index >= 15 is 0 Å². The summed E-state index contributed by atoms with van der Waals surface area (Å²) < 4.78 is 7.19. The fraction of sp³-hybridized carbons (Fsp3) is 0.421. The van der Waals surface area contributed by atoms with Crippen molar-refractivity contribution >= 4 is 34.5 Å². The molecule has 26 heavy (non-hydrogen) atoms. The molecule has 2 aromatic heterocycles. The number of rotatable bonds is 9. The first-order chi connectivity index (χ1) is 12.7. The molecule has 0 spiro atoms. The van der Waals surface area contributed by atoms with Crippen molar-refractivity contribution in [1.29, 1.82) is 0 Å². The van der Waals surface area contributed by atoms with Crippen molar-refractivity contribution in [3.63, 3.8) is 0 Å². The Hall–Kier alpha value is -2.28. The standard InChI is InChI=1S/C19H24N4O2S/c1-3-4-5-8-11-23-16-10-7-6-9-15(16)20-19(23)26-13-18(24)21-17-12-14(2)25-22-17/h6-7,9-10,12H,3-5,8,11,13H2,1-2H3,(H,21,22,24). The molecule has 0 aliphatic carbocycles. The number of carbonyl (C=O) groups excluding carboxylic acids is 1. The Morgan fingerprint density at radius 3 is 2.88 bits per heavy atom. The van der Waals surface area contributed by atoms with Gasteiger partial charge >= 0.3 is 0 Å². The molecule has 1 N–H and O–H groups in total. The van der Waals surface area contributed by atoms with E-state index in [2.05, 4.69) is 28.0 Å². The van der Waals surface area contributed by atoms with Crippen molar-refractivity contribution in [2.24, 2.45) is 0 Å². The SMILES string of the molecule is CCCCCCn1c(SCC(=O)Nc2cc(C)on2)nc2ccccc21. The molecule has 3 aromatic rings. The number of anilines is 1. The lowest BCUT2D eigenvalue weighted by molar-refractivity contribution is -0.113. The molecular formula is C19H24N4O2S. The lowest BCUT2D eigenvalue weighted by atomic mass is 10.2. The average molecular weight is 372 g/mol. The molecule has 0 fully saturated rings. The summed E-state index contributed by atoms with van der Waals surface area (Å²) in [4.78, 5) is 16.9. The average Bonchev–Trinajstić information content (AvgIpc) is 3.20. The topological polar surface area (TPSA) is 73.0 Å². The molecule has 0 unspecified atom stereocenters. The maximum atomic E-state index is 12.2. The van der Waals surface area contributed by atoms with Gasteiger partial charge in [-0.2, -0.15) is 0 Å². The van der Waals surface area contributed by atoms with E-state index in [9.17, 15) is 4.79 Å². The number of nitrogens with zero attached hydrogens (tertiary/aromatic N) is 3. The lowest BCUT2D eigenvalue weighted by Crippen LogP contribution is -2.14. The molecule has 3 rings (SSSR count). The van der Waals surface area contributed by atoms with Crippen LogP contribution in [0.5, 0.6) is 0 Å². The number of nitrogens with one attached hydrogen (secondary N) is 1. The number of hydrogen-bond acceptors (Lipinski definition) is 5. The Balaban J connectivity index is 1.66. The predicted molar refractivity (Wildman–Crippen MR) is 104 cm³/mol. The van der Waals surface area contributed by atoms with Crippen molar-refractivity contribution in [1.82, 2.24) is 14.7 Å². The number of carbonyl (C=O) groups is 1. The van der Waals surface area contributed by atoms with Crippen LogP contribution < -0.4 is 5.32 Å². The Labute approximate surface area is 157 Å². The van der Waals surface area contributed by atoms with Gasteiger partial charge in [-0.1, -0.05) is 55.2 Å². The number of thioether (sulfide) groups is 1. The molecule has 2 heterocycles. The number of imidazole rings is 1. The Kier molecular flexibility index (Phi) is 6.33. The summed E-state index contributed by atoms with van der Waals surface area (Å²) in [5, 5.41) is 7.41. The molecule has 6 nitrogen and oxygen atoms in total. The molecule has 0 bridgehead atoms. The first kappa shape index (κ1) is 18.5. The molecule has 0 aliphatic heterocycles. The summed E-state index contributed by atoms with van der Waals surface area (Å²) in [6.07, 6.45) is 4.79. The molecule has 0 aliphatic rings. The highest BCUT2D eigenvalue weighted by molar-refractivity contribution is 7.99. The molecule has 0 radical (unpaired) electrons. The zero-order valence-corrected chi connectivity index (χ0v) is 16.0. The number of hydrogen-bond donors (Lipinski definition) is 1. The summed E-state index contributed by atoms with van der Waals surface area (Å²) >= 11 is 1.45. The van der Waals surface area contributed by atoms with Crippen molar-refractivity contribution < 1.29 is 9.32 Å². The van der Waals surface area contributed by atoms with E-state index < -0.39 is 0 Å². The highest BCUT2D eigenvalue weighted by Crippen LogP contribution is 2.25. The number of benzene rings is 1. The fourth-order valence-corrected chi connectivity index (χ4v) is 3.65. The maximum Gasteiger partial charge on any atom is 0.236 e. The van der Waals surface area contributed by atoms with Gasteiger partial charge in [-0.3, -0.25) is 4.79 Å². The van der Waals surface area contributed by atoms with Gasteiger partial charge in [0.1, 0.15) is 5.76 Å². The summed E-state index contributed by atoms with van der Waals surface area (Å²) in [7, 11) is 0. The van der Waals surface area contributed by atoms with Crippen LogP contribution in [0.25, 0.3) is 11.0 Å². The van der Waals surface area contributed by atoms with Crippen LogP contribution in [-0.4, -0.2) is 26.4 Å². The molecule has 0 saturated heterocycles. The van der Waals surface area contributed by atoms with Gasteiger partial charge in [-0.05, 0) is 25.5 Å². The van der Waals surface area contributed by atoms with E-state index in [0.717, 1.165) is 29.2 Å². The summed E-state index contributed by atoms with van der Waals surface area (Å²) in [6.45, 7) is 4.92. The molecular weight excluding hydrogens is 348 g/mol.